The van der Waals surface area contributed by atoms with E-state index < -0.39 is 21.4 Å². The number of ether oxygens (including phenoxy) is 1. The molecule has 1 fully saturated rings. The molecule has 0 aliphatic carbocycles. The van der Waals surface area contributed by atoms with Crippen LogP contribution < -0.4 is 9.46 Å². The second kappa shape index (κ2) is 7.64. The van der Waals surface area contributed by atoms with E-state index in [1.54, 1.807) is 38.1 Å². The number of rotatable bonds is 6. The second-order valence-electron chi connectivity index (χ2n) is 5.63. The Morgan fingerprint density at radius 1 is 1.46 bits per heavy atom. The number of nitrogens with zero attached hydrogens (tertiary/aromatic N) is 2. The molecule has 0 unspecified atom stereocenters. The van der Waals surface area contributed by atoms with Gasteiger partial charge in [0.2, 0.25) is 10.0 Å². The molecule has 0 aromatic heterocycles. The molecule has 24 heavy (non-hydrogen) atoms. The average Bonchev–Trinajstić information content (AvgIpc) is 3.05. The van der Waals surface area contributed by atoms with Crippen molar-refractivity contribution >= 4 is 15.9 Å². The van der Waals surface area contributed by atoms with Crippen molar-refractivity contribution in [3.8, 4) is 11.8 Å². The average molecular weight is 351 g/mol. The number of likely N-dealkylation sites (tertiary alicyclic amines) is 1. The number of nitrogens with one attached hydrogen (secondary N) is 1. The van der Waals surface area contributed by atoms with Gasteiger partial charge in [-0.05, 0) is 37.6 Å². The summed E-state index contributed by atoms with van der Waals surface area (Å²) in [5.41, 5.74) is 0.511. The lowest BCUT2D eigenvalue weighted by Gasteiger charge is -2.22. The predicted molar refractivity (Wildman–Crippen MR) is 88.8 cm³/mol. The number of carbonyl (C=O) groups excluding carboxylic acids is 1. The second-order valence-corrected chi connectivity index (χ2v) is 7.68. The third-order valence-electron chi connectivity index (χ3n) is 3.89. The van der Waals surface area contributed by atoms with Gasteiger partial charge in [0.15, 0.2) is 6.10 Å². The molecule has 1 amide bonds. The molecule has 8 heteroatoms. The van der Waals surface area contributed by atoms with Crippen molar-refractivity contribution in [2.24, 2.45) is 0 Å². The fourth-order valence-electron chi connectivity index (χ4n) is 2.62. The summed E-state index contributed by atoms with van der Waals surface area (Å²) in [5, 5.41) is 8.18. The first-order valence-electron chi connectivity index (χ1n) is 7.81. The van der Waals surface area contributed by atoms with Crippen LogP contribution in [0.25, 0.3) is 0 Å². The molecule has 0 saturated carbocycles. The number of hydrogen-bond donors (Lipinski definition) is 1. The van der Waals surface area contributed by atoms with Gasteiger partial charge in [-0.25, -0.2) is 13.1 Å². The number of nitriles is 1. The lowest BCUT2D eigenvalue weighted by atomic mass is 10.2. The van der Waals surface area contributed by atoms with Crippen molar-refractivity contribution in [3.63, 3.8) is 0 Å². The first kappa shape index (κ1) is 18.2. The van der Waals surface area contributed by atoms with Crippen LogP contribution in [0.4, 0.5) is 0 Å². The van der Waals surface area contributed by atoms with E-state index in [0.29, 0.717) is 30.8 Å². The van der Waals surface area contributed by atoms with Gasteiger partial charge in [-0.1, -0.05) is 6.92 Å². The summed E-state index contributed by atoms with van der Waals surface area (Å²) < 4.78 is 32.1. The Bertz CT molecular complexity index is 725. The molecule has 0 radical (unpaired) electrons. The molecule has 1 aliphatic rings. The van der Waals surface area contributed by atoms with Crippen molar-refractivity contribution in [1.82, 2.24) is 9.62 Å². The minimum Gasteiger partial charge on any atom is -0.481 e. The third-order valence-corrected chi connectivity index (χ3v) is 5.84. The lowest BCUT2D eigenvalue weighted by molar-refractivity contribution is -0.136. The van der Waals surface area contributed by atoms with Gasteiger partial charge in [0.1, 0.15) is 5.75 Å². The van der Waals surface area contributed by atoms with Crippen molar-refractivity contribution < 1.29 is 17.9 Å². The smallest absolute Gasteiger partial charge is 0.263 e. The van der Waals surface area contributed by atoms with Crippen LogP contribution >= 0.6 is 0 Å². The highest BCUT2D eigenvalue weighted by Gasteiger charge is 2.36. The van der Waals surface area contributed by atoms with E-state index in [4.69, 9.17) is 10.00 Å². The first-order chi connectivity index (χ1) is 11.4. The van der Waals surface area contributed by atoms with Gasteiger partial charge in [0, 0.05) is 19.6 Å². The van der Waals surface area contributed by atoms with E-state index in [0.717, 1.165) is 0 Å². The number of sulfonamides is 1. The van der Waals surface area contributed by atoms with Crippen LogP contribution in [-0.4, -0.2) is 50.2 Å². The van der Waals surface area contributed by atoms with Crippen molar-refractivity contribution in [2.45, 2.75) is 31.6 Å². The van der Waals surface area contributed by atoms with Gasteiger partial charge in [-0.15, -0.1) is 0 Å². The van der Waals surface area contributed by atoms with Crippen LogP contribution in [-0.2, 0) is 14.8 Å². The van der Waals surface area contributed by atoms with Gasteiger partial charge in [-0.2, -0.15) is 5.26 Å². The molecule has 7 nitrogen and oxygen atoms in total. The van der Waals surface area contributed by atoms with Crippen molar-refractivity contribution in [3.05, 3.63) is 29.8 Å². The molecule has 1 saturated heterocycles. The zero-order chi connectivity index (χ0) is 17.7. The summed E-state index contributed by atoms with van der Waals surface area (Å²) in [6.45, 7) is 4.27. The Balaban J connectivity index is 1.95. The molecule has 0 bridgehead atoms. The number of carbonyl (C=O) groups is 1. The number of hydrogen-bond acceptors (Lipinski definition) is 5. The van der Waals surface area contributed by atoms with Crippen LogP contribution in [0, 0.1) is 11.3 Å². The summed E-state index contributed by atoms with van der Waals surface area (Å²) in [6, 6.07) is 8.50. The maximum atomic E-state index is 12.4. The van der Waals surface area contributed by atoms with Gasteiger partial charge in [-0.3, -0.25) is 4.79 Å². The summed E-state index contributed by atoms with van der Waals surface area (Å²) in [5.74, 6) is 0.249. The van der Waals surface area contributed by atoms with Crippen LogP contribution in [0.15, 0.2) is 24.3 Å². The predicted octanol–water partition coefficient (Wildman–Crippen LogP) is 0.866. The molecule has 1 aromatic carbocycles. The normalized spacial score (nSPS) is 18.9. The maximum absolute atomic E-state index is 12.4. The van der Waals surface area contributed by atoms with Gasteiger partial charge >= 0.3 is 0 Å². The first-order valence-corrected chi connectivity index (χ1v) is 9.36. The standard InChI is InChI=1S/C16H21N3O4S/c1-3-18-24(21,22)15-8-9-19(11-15)16(20)12(2)23-14-6-4-13(10-17)5-7-14/h4-7,12,15,18H,3,8-9,11H2,1-2H3/t12-,15+/m0/s1. The fraction of sp³-hybridized carbons (Fsp3) is 0.500. The fourth-order valence-corrected chi connectivity index (χ4v) is 4.05. The highest BCUT2D eigenvalue weighted by atomic mass is 32.2. The summed E-state index contributed by atoms with van der Waals surface area (Å²) >= 11 is 0. The molecule has 1 aromatic rings. The maximum Gasteiger partial charge on any atom is 0.263 e. The molecule has 2 rings (SSSR count). The van der Waals surface area contributed by atoms with Crippen LogP contribution in [0.5, 0.6) is 5.75 Å². The van der Waals surface area contributed by atoms with E-state index in [9.17, 15) is 13.2 Å². The third kappa shape index (κ3) is 4.24. The molecule has 2 atom stereocenters. The zero-order valence-corrected chi connectivity index (χ0v) is 14.5. The minimum atomic E-state index is -3.38. The van der Waals surface area contributed by atoms with Gasteiger partial charge in [0.05, 0.1) is 16.9 Å². The Labute approximate surface area is 142 Å². The summed E-state index contributed by atoms with van der Waals surface area (Å²) in [6.07, 6.45) is -0.302. The SMILES string of the molecule is CCNS(=O)(=O)[C@@H]1CCN(C(=O)[C@H](C)Oc2ccc(C#N)cc2)C1. The highest BCUT2D eigenvalue weighted by molar-refractivity contribution is 7.90. The Morgan fingerprint density at radius 3 is 2.71 bits per heavy atom. The molecule has 130 valence electrons. The molecule has 1 heterocycles. The molecule has 1 N–H and O–H groups in total. The molecule has 0 spiro atoms. The monoisotopic (exact) mass is 351 g/mol. The molecular weight excluding hydrogens is 330 g/mol. The van der Waals surface area contributed by atoms with Crippen molar-refractivity contribution in [2.75, 3.05) is 19.6 Å². The molecular formula is C16H21N3O4S. The topological polar surface area (TPSA) is 99.5 Å². The van der Waals surface area contributed by atoms with Gasteiger partial charge < -0.3 is 9.64 Å². The Kier molecular flexibility index (Phi) is 5.80. The minimum absolute atomic E-state index is 0.176. The van der Waals surface area contributed by atoms with Gasteiger partial charge in [0.25, 0.3) is 5.91 Å². The van der Waals surface area contributed by atoms with Crippen molar-refractivity contribution in [1.29, 1.82) is 5.26 Å². The van der Waals surface area contributed by atoms with E-state index in [1.807, 2.05) is 6.07 Å². The number of benzene rings is 1. The Hall–Kier alpha value is -2.11. The lowest BCUT2D eigenvalue weighted by Crippen LogP contribution is -2.41. The Morgan fingerprint density at radius 2 is 2.12 bits per heavy atom. The van der Waals surface area contributed by atoms with E-state index in [-0.39, 0.29) is 12.5 Å². The van der Waals surface area contributed by atoms with E-state index in [1.165, 1.54) is 4.90 Å². The highest BCUT2D eigenvalue weighted by Crippen LogP contribution is 2.19. The summed E-state index contributed by atoms with van der Waals surface area (Å²) in [7, 11) is -3.38. The van der Waals surface area contributed by atoms with Crippen LogP contribution in [0.3, 0.4) is 0 Å². The summed E-state index contributed by atoms with van der Waals surface area (Å²) in [4.78, 5) is 14.0. The quantitative estimate of drug-likeness (QED) is 0.820. The largest absolute Gasteiger partial charge is 0.481 e. The van der Waals surface area contributed by atoms with E-state index in [2.05, 4.69) is 4.72 Å². The zero-order valence-electron chi connectivity index (χ0n) is 13.7. The van der Waals surface area contributed by atoms with E-state index >= 15 is 0 Å². The molecule has 1 aliphatic heterocycles. The van der Waals surface area contributed by atoms with Crippen LogP contribution in [0.2, 0.25) is 0 Å². The van der Waals surface area contributed by atoms with Crippen LogP contribution in [0.1, 0.15) is 25.8 Å². The number of amides is 1.